The molecule has 0 amide bonds. The Morgan fingerprint density at radius 1 is 0.671 bits per heavy atom. The van der Waals surface area contributed by atoms with Crippen molar-refractivity contribution in [3.05, 3.63) is 46.5 Å². The molecule has 2 saturated heterocycles. The number of Topliss-reactive ketones (excluding diaryl/α,β-unsaturated/α-hetero) is 2. The molecule has 6 fully saturated rings. The lowest BCUT2D eigenvalue weighted by Gasteiger charge is -2.62. The van der Waals surface area contributed by atoms with Crippen LogP contribution >= 0.6 is 0 Å². The summed E-state index contributed by atoms with van der Waals surface area (Å²) in [6, 6.07) is 6.82. The number of likely N-dealkylation sites (tertiary alicyclic amines) is 2. The van der Waals surface area contributed by atoms with Crippen LogP contribution in [0.15, 0.2) is 24.3 Å². The van der Waals surface area contributed by atoms with Crippen molar-refractivity contribution in [1.29, 1.82) is 0 Å². The number of hydrogen-bond acceptors (Lipinski definition) is 18. The maximum absolute atomic E-state index is 13.6. The predicted octanol–water partition coefficient (Wildman–Crippen LogP) is 4.10. The summed E-state index contributed by atoms with van der Waals surface area (Å²) in [5.41, 5.74) is -0.752. The molecule has 4 heterocycles. The van der Waals surface area contributed by atoms with E-state index in [9.17, 15) is 29.4 Å². The molecule has 0 aromatic heterocycles. The largest absolute Gasteiger partial charge is 0.516 e. The average Bonchev–Trinajstić information content (AvgIpc) is 4.27. The van der Waals surface area contributed by atoms with E-state index in [4.69, 9.17) is 47.4 Å². The van der Waals surface area contributed by atoms with E-state index in [1.807, 2.05) is 19.1 Å². The van der Waals surface area contributed by atoms with E-state index in [2.05, 4.69) is 9.80 Å². The van der Waals surface area contributed by atoms with Crippen molar-refractivity contribution < 1.29 is 76.8 Å². The highest BCUT2D eigenvalue weighted by molar-refractivity contribution is 5.91. The smallest absolute Gasteiger partial charge is 0.477 e. The van der Waals surface area contributed by atoms with Gasteiger partial charge in [0.15, 0.2) is 46.8 Å². The second-order valence-electron chi connectivity index (χ2n) is 21.2. The topological polar surface area (TPSA) is 208 Å². The highest BCUT2D eigenvalue weighted by atomic mass is 16.8. The van der Waals surface area contributed by atoms with Gasteiger partial charge in [0.25, 0.3) is 0 Å². The number of nitrogens with zero attached hydrogens (tertiary/aromatic N) is 2. The fourth-order valence-corrected chi connectivity index (χ4v) is 14.1. The summed E-state index contributed by atoms with van der Waals surface area (Å²) in [5.74, 6) is 1.89. The monoisotopic (exact) mass is 972 g/mol. The highest BCUT2D eigenvalue weighted by Crippen LogP contribution is 2.67. The van der Waals surface area contributed by atoms with Gasteiger partial charge in [-0.1, -0.05) is 12.1 Å². The lowest BCUT2D eigenvalue weighted by atomic mass is 9.49. The number of rotatable bonds is 20. The van der Waals surface area contributed by atoms with Gasteiger partial charge in [0, 0.05) is 55.7 Å². The molecule has 18 heteroatoms. The summed E-state index contributed by atoms with van der Waals surface area (Å²) in [5, 5.41) is 25.3. The first kappa shape index (κ1) is 46.7. The summed E-state index contributed by atoms with van der Waals surface area (Å²) in [6.45, 7) is 6.26. The van der Waals surface area contributed by atoms with Crippen molar-refractivity contribution in [2.24, 2.45) is 11.8 Å². The maximum atomic E-state index is 13.6. The van der Waals surface area contributed by atoms with Crippen LogP contribution in [0.2, 0.25) is 0 Å². The molecule has 18 nitrogen and oxygen atoms in total. The Balaban J connectivity index is 0.705. The van der Waals surface area contributed by atoms with Gasteiger partial charge in [-0.2, -0.15) is 0 Å². The molecule has 378 valence electrons. The molecule has 9 atom stereocenters. The summed E-state index contributed by atoms with van der Waals surface area (Å²) in [7, 11) is 0. The Morgan fingerprint density at radius 3 is 1.71 bits per heavy atom. The quantitative estimate of drug-likeness (QED) is 0.0829. The van der Waals surface area contributed by atoms with Crippen molar-refractivity contribution in [3.8, 4) is 23.0 Å². The first-order chi connectivity index (χ1) is 34.0. The molecular weight excluding hydrogens is 909 g/mol. The minimum absolute atomic E-state index is 0.0630. The predicted molar refractivity (Wildman–Crippen MR) is 243 cm³/mol. The van der Waals surface area contributed by atoms with Crippen molar-refractivity contribution in [3.63, 3.8) is 0 Å². The van der Waals surface area contributed by atoms with E-state index in [-0.39, 0.29) is 86.8 Å². The zero-order chi connectivity index (χ0) is 48.0. The fraction of sp³-hybridized carbons (Fsp3) is 0.692. The maximum Gasteiger partial charge on any atom is 0.516 e. The third-order valence-electron chi connectivity index (χ3n) is 17.5. The van der Waals surface area contributed by atoms with Gasteiger partial charge in [-0.25, -0.2) is 9.59 Å². The molecule has 4 bridgehead atoms. The Labute approximate surface area is 406 Å². The van der Waals surface area contributed by atoms with Crippen LogP contribution in [0.4, 0.5) is 9.59 Å². The molecule has 70 heavy (non-hydrogen) atoms. The van der Waals surface area contributed by atoms with Crippen LogP contribution in [0.3, 0.4) is 0 Å². The lowest BCUT2D eigenvalue weighted by Crippen LogP contribution is -2.76. The summed E-state index contributed by atoms with van der Waals surface area (Å²) in [4.78, 5) is 58.9. The molecule has 0 radical (unpaired) electrons. The van der Waals surface area contributed by atoms with E-state index in [0.717, 1.165) is 48.4 Å². The average molecular weight is 973 g/mol. The zero-order valence-corrected chi connectivity index (χ0v) is 39.8. The van der Waals surface area contributed by atoms with E-state index >= 15 is 0 Å². The Bertz CT molecular complexity index is 2430. The van der Waals surface area contributed by atoms with Crippen LogP contribution in [-0.4, -0.2) is 165 Å². The molecule has 2 aromatic rings. The van der Waals surface area contributed by atoms with Gasteiger partial charge in [0.1, 0.15) is 13.2 Å². The van der Waals surface area contributed by atoms with Crippen molar-refractivity contribution >= 4 is 23.9 Å². The number of hydrogen-bond donors (Lipinski definition) is 2. The van der Waals surface area contributed by atoms with Crippen LogP contribution in [0, 0.1) is 11.8 Å². The number of ketones is 2. The van der Waals surface area contributed by atoms with Crippen LogP contribution in [0.1, 0.15) is 93.4 Å². The van der Waals surface area contributed by atoms with E-state index in [1.165, 1.54) is 25.7 Å². The number of ether oxygens (including phenoxy) is 10. The zero-order valence-electron chi connectivity index (χ0n) is 39.8. The summed E-state index contributed by atoms with van der Waals surface area (Å²) >= 11 is 0. The van der Waals surface area contributed by atoms with Gasteiger partial charge < -0.3 is 57.6 Å². The second kappa shape index (κ2) is 18.0. The Hall–Kier alpha value is -4.40. The molecule has 10 aliphatic rings. The van der Waals surface area contributed by atoms with E-state index in [0.29, 0.717) is 75.9 Å². The minimum atomic E-state index is -1.32. The third-order valence-corrected chi connectivity index (χ3v) is 17.5. The summed E-state index contributed by atoms with van der Waals surface area (Å²) in [6.07, 6.45) is 2.98. The Kier molecular flexibility index (Phi) is 12.0. The lowest BCUT2D eigenvalue weighted by molar-refractivity contribution is -0.188. The molecular formula is C52H64N2O16. The van der Waals surface area contributed by atoms with E-state index in [1.54, 1.807) is 12.1 Å². The van der Waals surface area contributed by atoms with Gasteiger partial charge in [0.05, 0.1) is 55.1 Å². The molecule has 12 rings (SSSR count). The number of benzene rings is 2. The SMILES string of the molecule is CCOCCOCCOCC(OCCOC(=O)Oc1ccc2c3c1O[C@H]1C(=O)CC[C@@]4(O)[C@@H](C2)N(CC2CC2)CC[C@]314)OC(=O)Oc1ccc2c3c1O[C@H]1C(=O)CC[C@@]4(O)[C@@H](C2)N(CC2CC2)CC[C@]314. The van der Waals surface area contributed by atoms with Crippen molar-refractivity contribution in [2.75, 3.05) is 79.0 Å². The van der Waals surface area contributed by atoms with Gasteiger partial charge in [0.2, 0.25) is 6.29 Å². The van der Waals surface area contributed by atoms with Crippen molar-refractivity contribution in [2.45, 2.75) is 137 Å². The van der Waals surface area contributed by atoms with Gasteiger partial charge in [-0.3, -0.25) is 19.4 Å². The number of carbonyl (C=O) groups excluding carboxylic acids is 4. The van der Waals surface area contributed by atoms with Crippen LogP contribution < -0.4 is 18.9 Å². The van der Waals surface area contributed by atoms with Crippen LogP contribution in [0.25, 0.3) is 0 Å². The molecule has 4 saturated carbocycles. The highest BCUT2D eigenvalue weighted by Gasteiger charge is 2.75. The normalized spacial score (nSPS) is 33.4. The van der Waals surface area contributed by atoms with Gasteiger partial charge in [-0.15, -0.1) is 0 Å². The summed E-state index contributed by atoms with van der Waals surface area (Å²) < 4.78 is 58.0. The minimum Gasteiger partial charge on any atom is -0.477 e. The number of piperidine rings is 2. The van der Waals surface area contributed by atoms with Crippen LogP contribution in [0.5, 0.6) is 23.0 Å². The van der Waals surface area contributed by atoms with E-state index < -0.39 is 52.8 Å². The Morgan fingerprint density at radius 2 is 1.19 bits per heavy atom. The molecule has 2 aromatic carbocycles. The molecule has 1 unspecified atom stereocenters. The first-order valence-corrected chi connectivity index (χ1v) is 25.7. The van der Waals surface area contributed by atoms with Crippen LogP contribution in [-0.2, 0) is 61.7 Å². The molecule has 2 N–H and O–H groups in total. The third kappa shape index (κ3) is 7.47. The van der Waals surface area contributed by atoms with Gasteiger partial charge >= 0.3 is 12.3 Å². The van der Waals surface area contributed by atoms with Gasteiger partial charge in [-0.05, 0) is 119 Å². The second-order valence-corrected chi connectivity index (χ2v) is 21.2. The molecule has 4 aliphatic heterocycles. The molecule has 6 aliphatic carbocycles. The molecule has 2 spiro atoms. The standard InChI is InChI=1S/C52H64N2O16/c1-2-61-19-20-62-21-22-63-29-40(68-48(58)67-37-10-8-33-26-39-52(60)14-12-35(56)46-50(52,42(33)44(37)70-46)16-18-54(39)28-31-5-6-31)64-23-24-65-47(57)66-36-9-7-32-25-38-51(59)13-11-34(55)45-49(51,41(32)43(36)69-45)15-17-53(38)27-30-3-4-30/h7-10,30-31,38-40,45-46,59-60H,2-6,11-29H2,1H3/t38-,39-,40?,45+,46+,49+,50+,51-,52-/m1/s1. The first-order valence-electron chi connectivity index (χ1n) is 25.7. The number of carbonyl (C=O) groups is 4. The number of aliphatic hydroxyl groups is 2. The fourth-order valence-electron chi connectivity index (χ4n) is 14.1. The van der Waals surface area contributed by atoms with Crippen molar-refractivity contribution in [1.82, 2.24) is 9.80 Å².